The number of halogens is 3. The first-order valence-corrected chi connectivity index (χ1v) is 10.7. The van der Waals surface area contributed by atoms with Crippen LogP contribution in [0.4, 0.5) is 13.2 Å². The highest BCUT2D eigenvalue weighted by molar-refractivity contribution is 5.83. The Kier molecular flexibility index (Phi) is 6.23. The monoisotopic (exact) mass is 432 g/mol. The molecule has 1 saturated carbocycles. The smallest absolute Gasteiger partial charge is 0.416 e. The SMILES string of the molecule is CC(NC(=O)C1C2CCC(C2)N1CCOc1ccccc1)c1ccc(C(F)(F)F)cc1. The Morgan fingerprint density at radius 1 is 1.13 bits per heavy atom. The molecule has 31 heavy (non-hydrogen) atoms. The van der Waals surface area contributed by atoms with Gasteiger partial charge in [-0.25, -0.2) is 0 Å². The highest BCUT2D eigenvalue weighted by Gasteiger charge is 2.49. The molecule has 2 aromatic rings. The van der Waals surface area contributed by atoms with Crippen LogP contribution in [0, 0.1) is 5.92 Å². The number of rotatable bonds is 7. The molecule has 1 heterocycles. The van der Waals surface area contributed by atoms with Gasteiger partial charge in [0, 0.05) is 12.6 Å². The van der Waals surface area contributed by atoms with E-state index in [1.54, 1.807) is 6.92 Å². The van der Waals surface area contributed by atoms with Gasteiger partial charge in [0.25, 0.3) is 0 Å². The van der Waals surface area contributed by atoms with Gasteiger partial charge in [-0.1, -0.05) is 30.3 Å². The van der Waals surface area contributed by atoms with Gasteiger partial charge >= 0.3 is 6.18 Å². The maximum atomic E-state index is 13.1. The number of hydrogen-bond acceptors (Lipinski definition) is 3. The van der Waals surface area contributed by atoms with Crippen LogP contribution in [0.15, 0.2) is 54.6 Å². The summed E-state index contributed by atoms with van der Waals surface area (Å²) in [5.74, 6) is 1.07. The largest absolute Gasteiger partial charge is 0.492 e. The first kappa shape index (κ1) is 21.7. The Bertz CT molecular complexity index is 886. The van der Waals surface area contributed by atoms with Crippen LogP contribution in [0.2, 0.25) is 0 Å². The molecule has 4 nitrogen and oxygen atoms in total. The molecule has 1 saturated heterocycles. The average Bonchev–Trinajstić information content (AvgIpc) is 3.36. The normalized spacial score (nSPS) is 24.2. The van der Waals surface area contributed by atoms with Crippen molar-refractivity contribution in [2.45, 2.75) is 50.5 Å². The quantitative estimate of drug-likeness (QED) is 0.683. The maximum Gasteiger partial charge on any atom is 0.416 e. The van der Waals surface area contributed by atoms with Gasteiger partial charge < -0.3 is 10.1 Å². The molecule has 1 aliphatic carbocycles. The van der Waals surface area contributed by atoms with Crippen LogP contribution in [0.5, 0.6) is 5.75 Å². The third-order valence-electron chi connectivity index (χ3n) is 6.45. The van der Waals surface area contributed by atoms with Crippen LogP contribution in [0.1, 0.15) is 43.4 Å². The van der Waals surface area contributed by atoms with Crippen LogP contribution < -0.4 is 10.1 Å². The lowest BCUT2D eigenvalue weighted by Crippen LogP contribution is -2.51. The van der Waals surface area contributed by atoms with Gasteiger partial charge in [0.15, 0.2) is 0 Å². The fourth-order valence-corrected chi connectivity index (χ4v) is 4.89. The standard InChI is InChI=1S/C24H27F3N2O2/c1-16(17-7-10-19(11-8-17)24(25,26)27)28-23(30)22-18-9-12-20(15-18)29(22)13-14-31-21-5-3-2-4-6-21/h2-8,10-11,16,18,20,22H,9,12-15H2,1H3,(H,28,30). The molecule has 1 aliphatic heterocycles. The van der Waals surface area contributed by atoms with E-state index in [1.807, 2.05) is 30.3 Å². The minimum absolute atomic E-state index is 0.0562. The summed E-state index contributed by atoms with van der Waals surface area (Å²) in [6, 6.07) is 14.4. The highest BCUT2D eigenvalue weighted by atomic mass is 19.4. The molecule has 4 unspecified atom stereocenters. The summed E-state index contributed by atoms with van der Waals surface area (Å²) in [7, 11) is 0. The second-order valence-electron chi connectivity index (χ2n) is 8.42. The summed E-state index contributed by atoms with van der Waals surface area (Å²) in [5, 5.41) is 3.02. The van der Waals surface area contributed by atoms with E-state index in [-0.39, 0.29) is 18.0 Å². The number of nitrogens with one attached hydrogen (secondary N) is 1. The number of para-hydroxylation sites is 1. The first-order valence-electron chi connectivity index (χ1n) is 10.7. The number of likely N-dealkylation sites (tertiary alicyclic amines) is 1. The second kappa shape index (κ2) is 8.91. The van der Waals surface area contributed by atoms with Gasteiger partial charge in [0.05, 0.1) is 17.6 Å². The molecule has 0 radical (unpaired) electrons. The second-order valence-corrected chi connectivity index (χ2v) is 8.42. The Hall–Kier alpha value is -2.54. The van der Waals surface area contributed by atoms with E-state index in [9.17, 15) is 18.0 Å². The molecular formula is C24H27F3N2O2. The van der Waals surface area contributed by atoms with Gasteiger partial charge in [-0.15, -0.1) is 0 Å². The van der Waals surface area contributed by atoms with Crippen molar-refractivity contribution in [1.29, 1.82) is 0 Å². The summed E-state index contributed by atoms with van der Waals surface area (Å²) in [4.78, 5) is 15.4. The number of hydrogen-bond donors (Lipinski definition) is 1. The molecular weight excluding hydrogens is 405 g/mol. The average molecular weight is 432 g/mol. The number of alkyl halides is 3. The fraction of sp³-hybridized carbons (Fsp3) is 0.458. The molecule has 166 valence electrons. The Labute approximate surface area is 180 Å². The molecule has 2 aromatic carbocycles. The molecule has 7 heteroatoms. The van der Waals surface area contributed by atoms with Crippen LogP contribution in [0.25, 0.3) is 0 Å². The lowest BCUT2D eigenvalue weighted by atomic mass is 9.97. The lowest BCUT2D eigenvalue weighted by molar-refractivity contribution is -0.137. The Morgan fingerprint density at radius 3 is 2.52 bits per heavy atom. The number of ether oxygens (including phenoxy) is 1. The number of piperidine rings is 1. The van der Waals surface area contributed by atoms with Crippen molar-refractivity contribution in [3.8, 4) is 5.75 Å². The topological polar surface area (TPSA) is 41.6 Å². The van der Waals surface area contributed by atoms with E-state index in [0.717, 1.165) is 37.1 Å². The van der Waals surface area contributed by atoms with Crippen molar-refractivity contribution in [3.63, 3.8) is 0 Å². The van der Waals surface area contributed by atoms with Crippen LogP contribution in [0.3, 0.4) is 0 Å². The predicted octanol–water partition coefficient (Wildman–Crippen LogP) is 4.81. The molecule has 2 fully saturated rings. The van der Waals surface area contributed by atoms with E-state index < -0.39 is 11.7 Å². The Morgan fingerprint density at radius 2 is 1.84 bits per heavy atom. The van der Waals surface area contributed by atoms with E-state index >= 15 is 0 Å². The van der Waals surface area contributed by atoms with Crippen LogP contribution >= 0.6 is 0 Å². The van der Waals surface area contributed by atoms with E-state index in [4.69, 9.17) is 4.74 Å². The zero-order valence-corrected chi connectivity index (χ0v) is 17.4. The van der Waals surface area contributed by atoms with Gasteiger partial charge in [0.1, 0.15) is 12.4 Å². The number of fused-ring (bicyclic) bond motifs is 2. The van der Waals surface area contributed by atoms with E-state index in [2.05, 4.69) is 10.2 Å². The number of carbonyl (C=O) groups excluding carboxylic acids is 1. The summed E-state index contributed by atoms with van der Waals surface area (Å²) >= 11 is 0. The zero-order valence-electron chi connectivity index (χ0n) is 17.4. The molecule has 0 aromatic heterocycles. The van der Waals surface area contributed by atoms with Crippen molar-refractivity contribution in [3.05, 3.63) is 65.7 Å². The number of benzene rings is 2. The summed E-state index contributed by atoms with van der Waals surface area (Å²) < 4.78 is 44.2. The first-order chi connectivity index (χ1) is 14.8. The molecule has 0 spiro atoms. The van der Waals surface area contributed by atoms with Gasteiger partial charge in [-0.3, -0.25) is 9.69 Å². The molecule has 2 aliphatic rings. The Balaban J connectivity index is 1.36. The van der Waals surface area contributed by atoms with E-state index in [1.165, 1.54) is 12.1 Å². The minimum Gasteiger partial charge on any atom is -0.492 e. The third kappa shape index (κ3) is 4.87. The maximum absolute atomic E-state index is 13.1. The molecule has 2 bridgehead atoms. The van der Waals surface area contributed by atoms with Crippen molar-refractivity contribution < 1.29 is 22.7 Å². The van der Waals surface area contributed by atoms with Gasteiger partial charge in [0.2, 0.25) is 5.91 Å². The summed E-state index contributed by atoms with van der Waals surface area (Å²) in [6.07, 6.45) is -1.23. The molecule has 4 atom stereocenters. The van der Waals surface area contributed by atoms with Crippen molar-refractivity contribution >= 4 is 5.91 Å². The predicted molar refractivity (Wildman–Crippen MR) is 112 cm³/mol. The van der Waals surface area contributed by atoms with Gasteiger partial charge in [-0.2, -0.15) is 13.2 Å². The number of nitrogens with zero attached hydrogens (tertiary/aromatic N) is 1. The van der Waals surface area contributed by atoms with Crippen molar-refractivity contribution in [1.82, 2.24) is 10.2 Å². The number of amides is 1. The lowest BCUT2D eigenvalue weighted by Gasteiger charge is -2.34. The van der Waals surface area contributed by atoms with E-state index in [0.29, 0.717) is 30.7 Å². The van der Waals surface area contributed by atoms with Crippen molar-refractivity contribution in [2.75, 3.05) is 13.2 Å². The number of carbonyl (C=O) groups is 1. The summed E-state index contributed by atoms with van der Waals surface area (Å²) in [5.41, 5.74) is -0.0315. The van der Waals surface area contributed by atoms with Crippen molar-refractivity contribution in [2.24, 2.45) is 5.92 Å². The summed E-state index contributed by atoms with van der Waals surface area (Å²) in [6.45, 7) is 2.98. The van der Waals surface area contributed by atoms with Gasteiger partial charge in [-0.05, 0) is 61.9 Å². The zero-order chi connectivity index (χ0) is 22.0. The third-order valence-corrected chi connectivity index (χ3v) is 6.45. The fourth-order valence-electron chi connectivity index (χ4n) is 4.89. The molecule has 4 rings (SSSR count). The molecule has 1 amide bonds. The minimum atomic E-state index is -4.36. The van der Waals surface area contributed by atoms with Crippen LogP contribution in [-0.2, 0) is 11.0 Å². The highest BCUT2D eigenvalue weighted by Crippen LogP contribution is 2.42. The molecule has 1 N–H and O–H groups in total. The van der Waals surface area contributed by atoms with Crippen LogP contribution in [-0.4, -0.2) is 36.0 Å².